The molecule has 0 amide bonds. The van der Waals surface area contributed by atoms with E-state index >= 15 is 0 Å². The number of nitrogens with two attached hydrogens (primary N) is 1. The van der Waals surface area contributed by atoms with E-state index in [4.69, 9.17) is 5.90 Å². The molecule has 0 aliphatic heterocycles. The van der Waals surface area contributed by atoms with Crippen LogP contribution in [0.5, 0.6) is 0 Å². The fourth-order valence-corrected chi connectivity index (χ4v) is 1.36. The summed E-state index contributed by atoms with van der Waals surface area (Å²) in [5, 5.41) is 0. The van der Waals surface area contributed by atoms with Crippen molar-refractivity contribution in [3.63, 3.8) is 0 Å². The predicted octanol–water partition coefficient (Wildman–Crippen LogP) is 2.39. The van der Waals surface area contributed by atoms with Crippen LogP contribution < -0.4 is 5.90 Å². The van der Waals surface area contributed by atoms with Gasteiger partial charge in [0.05, 0.1) is 6.61 Å². The Bertz CT molecular complexity index is 253. The van der Waals surface area contributed by atoms with Crippen LogP contribution in [-0.2, 0) is 11.4 Å². The van der Waals surface area contributed by atoms with Crippen molar-refractivity contribution in [1.29, 1.82) is 0 Å². The zero-order valence-electron chi connectivity index (χ0n) is 6.74. The van der Waals surface area contributed by atoms with Crippen LogP contribution in [0, 0.1) is 0 Å². The Kier molecular flexibility index (Phi) is 4.14. The van der Waals surface area contributed by atoms with Crippen LogP contribution in [0.2, 0.25) is 0 Å². The number of halogens is 2. The molecule has 2 nitrogen and oxygen atoms in total. The van der Waals surface area contributed by atoms with Crippen molar-refractivity contribution in [2.75, 3.05) is 0 Å². The van der Waals surface area contributed by atoms with Crippen molar-refractivity contribution in [2.24, 2.45) is 5.90 Å². The average molecular weight is 205 g/mol. The molecule has 5 heteroatoms. The van der Waals surface area contributed by atoms with E-state index in [2.05, 4.69) is 4.84 Å². The molecule has 72 valence electrons. The van der Waals surface area contributed by atoms with Gasteiger partial charge in [-0.1, -0.05) is 23.9 Å². The predicted molar refractivity (Wildman–Crippen MR) is 47.3 cm³/mol. The molecule has 0 bridgehead atoms. The molecule has 0 aliphatic rings. The zero-order valence-corrected chi connectivity index (χ0v) is 7.56. The van der Waals surface area contributed by atoms with Gasteiger partial charge in [0.25, 0.3) is 5.76 Å². The van der Waals surface area contributed by atoms with Crippen molar-refractivity contribution in [2.45, 2.75) is 17.3 Å². The number of hydrogen-bond donors (Lipinski definition) is 1. The maximum Gasteiger partial charge on any atom is 0.288 e. The zero-order chi connectivity index (χ0) is 9.68. The Morgan fingerprint density at radius 2 is 1.92 bits per heavy atom. The van der Waals surface area contributed by atoms with Gasteiger partial charge in [0.15, 0.2) is 0 Å². The van der Waals surface area contributed by atoms with E-state index in [1.54, 1.807) is 24.3 Å². The van der Waals surface area contributed by atoms with E-state index in [1.807, 2.05) is 0 Å². The van der Waals surface area contributed by atoms with Gasteiger partial charge in [-0.2, -0.15) is 8.78 Å². The number of benzene rings is 1. The maximum atomic E-state index is 11.9. The quantitative estimate of drug-likeness (QED) is 0.605. The topological polar surface area (TPSA) is 35.2 Å². The van der Waals surface area contributed by atoms with Crippen molar-refractivity contribution in [3.05, 3.63) is 29.8 Å². The molecule has 0 heterocycles. The number of thioether (sulfide) groups is 1. The molecule has 1 aromatic carbocycles. The van der Waals surface area contributed by atoms with Crippen LogP contribution in [0.25, 0.3) is 0 Å². The second-order valence-electron chi connectivity index (χ2n) is 2.33. The third-order valence-corrected chi connectivity index (χ3v) is 2.12. The number of hydrogen-bond acceptors (Lipinski definition) is 3. The smallest absolute Gasteiger partial charge is 0.288 e. The fourth-order valence-electron chi connectivity index (χ4n) is 0.863. The molecule has 2 N–H and O–H groups in total. The highest BCUT2D eigenvalue weighted by molar-refractivity contribution is 7.99. The van der Waals surface area contributed by atoms with E-state index < -0.39 is 5.76 Å². The van der Waals surface area contributed by atoms with Gasteiger partial charge in [-0.25, -0.2) is 5.90 Å². The molecule has 0 atom stereocenters. The molecule has 0 unspecified atom stereocenters. The summed E-state index contributed by atoms with van der Waals surface area (Å²) in [4.78, 5) is 4.93. The first kappa shape index (κ1) is 10.4. The Balaban J connectivity index is 2.59. The summed E-state index contributed by atoms with van der Waals surface area (Å²) < 4.78 is 23.8. The lowest BCUT2D eigenvalue weighted by molar-refractivity contribution is 0.124. The fraction of sp³-hybridized carbons (Fsp3) is 0.250. The molecule has 0 spiro atoms. The summed E-state index contributed by atoms with van der Waals surface area (Å²) in [7, 11) is 0. The van der Waals surface area contributed by atoms with Crippen LogP contribution in [0.4, 0.5) is 8.78 Å². The third kappa shape index (κ3) is 3.71. The molecule has 0 radical (unpaired) electrons. The van der Waals surface area contributed by atoms with Crippen molar-refractivity contribution >= 4 is 11.8 Å². The maximum absolute atomic E-state index is 11.9. The average Bonchev–Trinajstić information content (AvgIpc) is 2.08. The van der Waals surface area contributed by atoms with Gasteiger partial charge in [-0.05, 0) is 17.7 Å². The number of rotatable bonds is 4. The van der Waals surface area contributed by atoms with Crippen LogP contribution in [0.1, 0.15) is 5.56 Å². The molecule has 1 rings (SSSR count). The van der Waals surface area contributed by atoms with E-state index in [-0.39, 0.29) is 0 Å². The molecule has 0 fully saturated rings. The highest BCUT2D eigenvalue weighted by Gasteiger charge is 2.04. The largest absolute Gasteiger partial charge is 0.300 e. The number of alkyl halides is 2. The lowest BCUT2D eigenvalue weighted by atomic mass is 10.2. The van der Waals surface area contributed by atoms with Crippen LogP contribution in [0.15, 0.2) is 29.2 Å². The van der Waals surface area contributed by atoms with Crippen molar-refractivity contribution in [1.82, 2.24) is 0 Å². The van der Waals surface area contributed by atoms with Crippen LogP contribution in [0.3, 0.4) is 0 Å². The highest BCUT2D eigenvalue weighted by Crippen LogP contribution is 2.25. The Morgan fingerprint density at radius 1 is 1.31 bits per heavy atom. The van der Waals surface area contributed by atoms with Gasteiger partial charge < -0.3 is 0 Å². The lowest BCUT2D eigenvalue weighted by Crippen LogP contribution is -1.98. The Hall–Kier alpha value is -0.650. The minimum atomic E-state index is -2.38. The van der Waals surface area contributed by atoms with Gasteiger partial charge in [-0.3, -0.25) is 4.84 Å². The van der Waals surface area contributed by atoms with Crippen molar-refractivity contribution in [3.8, 4) is 0 Å². The molecule has 1 aromatic rings. The molecule has 0 saturated heterocycles. The first-order valence-electron chi connectivity index (χ1n) is 3.58. The van der Waals surface area contributed by atoms with Gasteiger partial charge in [0, 0.05) is 4.90 Å². The third-order valence-electron chi connectivity index (χ3n) is 1.40. The van der Waals surface area contributed by atoms with Crippen LogP contribution in [-0.4, -0.2) is 5.76 Å². The first-order chi connectivity index (χ1) is 6.22. The van der Waals surface area contributed by atoms with E-state index in [1.165, 1.54) is 0 Å². The standard InChI is InChI=1S/C8H9F2NOS/c9-8(10)13-7-3-1-6(2-4-7)5-12-11/h1-4,8H,5,11H2. The monoisotopic (exact) mass is 205 g/mol. The van der Waals surface area contributed by atoms with Crippen LogP contribution >= 0.6 is 11.8 Å². The highest BCUT2D eigenvalue weighted by atomic mass is 32.2. The Morgan fingerprint density at radius 3 is 2.38 bits per heavy atom. The lowest BCUT2D eigenvalue weighted by Gasteiger charge is -2.01. The summed E-state index contributed by atoms with van der Waals surface area (Å²) >= 11 is 0.520. The molecular formula is C8H9F2NOS. The molecule has 0 aliphatic carbocycles. The molecule has 0 aromatic heterocycles. The molecule has 13 heavy (non-hydrogen) atoms. The van der Waals surface area contributed by atoms with Gasteiger partial charge in [0.2, 0.25) is 0 Å². The Labute approximate surface area is 79.0 Å². The molecule has 0 saturated carbocycles. The summed E-state index contributed by atoms with van der Waals surface area (Å²) in [5.41, 5.74) is 0.862. The second-order valence-corrected chi connectivity index (χ2v) is 3.40. The SMILES string of the molecule is NOCc1ccc(SC(F)F)cc1. The first-order valence-corrected chi connectivity index (χ1v) is 4.46. The minimum absolute atomic E-state index is 0.291. The van der Waals surface area contributed by atoms with E-state index in [0.717, 1.165) is 5.56 Å². The van der Waals surface area contributed by atoms with Gasteiger partial charge in [-0.15, -0.1) is 0 Å². The summed E-state index contributed by atoms with van der Waals surface area (Å²) in [5.74, 6) is 2.48. The van der Waals surface area contributed by atoms with E-state index in [0.29, 0.717) is 23.3 Å². The van der Waals surface area contributed by atoms with Gasteiger partial charge >= 0.3 is 0 Å². The minimum Gasteiger partial charge on any atom is -0.300 e. The summed E-state index contributed by atoms with van der Waals surface area (Å²) in [6, 6.07) is 6.64. The van der Waals surface area contributed by atoms with E-state index in [9.17, 15) is 8.78 Å². The summed E-state index contributed by atoms with van der Waals surface area (Å²) in [6.07, 6.45) is 0. The normalized spacial score (nSPS) is 10.8. The molecular weight excluding hydrogens is 196 g/mol. The van der Waals surface area contributed by atoms with Gasteiger partial charge in [0.1, 0.15) is 0 Å². The van der Waals surface area contributed by atoms with Crippen molar-refractivity contribution < 1.29 is 13.6 Å². The second kappa shape index (κ2) is 5.16. The summed E-state index contributed by atoms with van der Waals surface area (Å²) in [6.45, 7) is 0.291.